The van der Waals surface area contributed by atoms with Crippen LogP contribution >= 0.6 is 0 Å². The molecule has 0 saturated carbocycles. The van der Waals surface area contributed by atoms with Gasteiger partial charge in [-0.25, -0.2) is 4.79 Å². The van der Waals surface area contributed by atoms with E-state index in [1.807, 2.05) is 0 Å². The summed E-state index contributed by atoms with van der Waals surface area (Å²) < 4.78 is 15.4. The van der Waals surface area contributed by atoms with Gasteiger partial charge in [0.05, 0.1) is 17.6 Å². The Morgan fingerprint density at radius 2 is 1.77 bits per heavy atom. The molecule has 1 heterocycles. The fourth-order valence-electron chi connectivity index (χ4n) is 2.41. The molecule has 2 aromatic carbocycles. The van der Waals surface area contributed by atoms with Gasteiger partial charge in [0.25, 0.3) is 11.6 Å². The number of hydrogen-bond acceptors (Lipinski definition) is 7. The van der Waals surface area contributed by atoms with E-state index in [0.29, 0.717) is 30.4 Å². The minimum atomic E-state index is -0.776. The molecule has 9 nitrogen and oxygen atoms in total. The Morgan fingerprint density at radius 3 is 2.46 bits per heavy atom. The average molecular weight is 358 g/mol. The Bertz CT molecular complexity index is 895. The standard InChI is InChI=1S/C17H14N2O7/c1-24-17(21)11-6-10(7-13(8-11)19(22)23)16(20)18-12-2-3-14-15(9-12)26-5-4-25-14/h2-3,6-9H,4-5H2,1H3,(H,18,20). The zero-order valence-corrected chi connectivity index (χ0v) is 13.7. The number of non-ortho nitro benzene ring substituents is 1. The molecule has 0 radical (unpaired) electrons. The van der Waals surface area contributed by atoms with Crippen molar-refractivity contribution >= 4 is 23.3 Å². The van der Waals surface area contributed by atoms with Gasteiger partial charge in [-0.1, -0.05) is 0 Å². The van der Waals surface area contributed by atoms with Gasteiger partial charge in [-0.2, -0.15) is 0 Å². The van der Waals surface area contributed by atoms with Gasteiger partial charge in [0.1, 0.15) is 13.2 Å². The molecule has 1 aliphatic rings. The van der Waals surface area contributed by atoms with Crippen LogP contribution in [0.1, 0.15) is 20.7 Å². The smallest absolute Gasteiger partial charge is 0.338 e. The van der Waals surface area contributed by atoms with Gasteiger partial charge in [-0.3, -0.25) is 14.9 Å². The summed E-state index contributed by atoms with van der Waals surface area (Å²) in [5.74, 6) is -0.335. The monoisotopic (exact) mass is 358 g/mol. The third-order valence-electron chi connectivity index (χ3n) is 3.61. The van der Waals surface area contributed by atoms with E-state index in [1.54, 1.807) is 18.2 Å². The highest BCUT2D eigenvalue weighted by molar-refractivity contribution is 6.06. The molecule has 9 heteroatoms. The predicted octanol–water partition coefficient (Wildman–Crippen LogP) is 2.40. The van der Waals surface area contributed by atoms with E-state index >= 15 is 0 Å². The second-order valence-corrected chi connectivity index (χ2v) is 5.33. The molecule has 2 aromatic rings. The Labute approximate surface area is 147 Å². The predicted molar refractivity (Wildman–Crippen MR) is 89.8 cm³/mol. The molecule has 1 N–H and O–H groups in total. The molecular formula is C17H14N2O7. The van der Waals surface area contributed by atoms with E-state index < -0.39 is 16.8 Å². The lowest BCUT2D eigenvalue weighted by Crippen LogP contribution is -2.17. The molecule has 0 saturated heterocycles. The van der Waals surface area contributed by atoms with Crippen LogP contribution in [0.15, 0.2) is 36.4 Å². The number of anilines is 1. The highest BCUT2D eigenvalue weighted by Crippen LogP contribution is 2.32. The first-order chi connectivity index (χ1) is 12.5. The van der Waals surface area contributed by atoms with Crippen LogP contribution in [0, 0.1) is 10.1 Å². The Kier molecular flexibility index (Phi) is 4.70. The van der Waals surface area contributed by atoms with Crippen LogP contribution in [0.4, 0.5) is 11.4 Å². The number of benzene rings is 2. The molecule has 1 aliphatic heterocycles. The van der Waals surface area contributed by atoms with E-state index in [0.717, 1.165) is 19.2 Å². The lowest BCUT2D eigenvalue weighted by atomic mass is 10.1. The number of nitrogens with one attached hydrogen (secondary N) is 1. The molecule has 0 aliphatic carbocycles. The number of amides is 1. The second-order valence-electron chi connectivity index (χ2n) is 5.33. The number of carbonyl (C=O) groups is 2. The molecule has 134 valence electrons. The largest absolute Gasteiger partial charge is 0.486 e. The molecular weight excluding hydrogens is 344 g/mol. The van der Waals surface area contributed by atoms with E-state index in [1.165, 1.54) is 6.07 Å². The van der Waals surface area contributed by atoms with Crippen molar-refractivity contribution in [2.75, 3.05) is 25.6 Å². The number of nitro groups is 1. The van der Waals surface area contributed by atoms with E-state index in [4.69, 9.17) is 9.47 Å². The van der Waals surface area contributed by atoms with Crippen molar-refractivity contribution in [1.29, 1.82) is 0 Å². The number of methoxy groups -OCH3 is 1. The summed E-state index contributed by atoms with van der Waals surface area (Å²) in [7, 11) is 1.15. The van der Waals surface area contributed by atoms with Gasteiger partial charge >= 0.3 is 5.97 Å². The maximum atomic E-state index is 12.5. The van der Waals surface area contributed by atoms with E-state index in [9.17, 15) is 19.7 Å². The minimum Gasteiger partial charge on any atom is -0.486 e. The number of carbonyl (C=O) groups excluding carboxylic acids is 2. The molecule has 0 atom stereocenters. The normalized spacial score (nSPS) is 12.2. The van der Waals surface area contributed by atoms with Crippen molar-refractivity contribution in [3.05, 3.63) is 57.6 Å². The van der Waals surface area contributed by atoms with Gasteiger partial charge in [0, 0.05) is 29.4 Å². The van der Waals surface area contributed by atoms with Crippen LogP contribution in [-0.2, 0) is 4.74 Å². The van der Waals surface area contributed by atoms with Crippen LogP contribution < -0.4 is 14.8 Å². The fraction of sp³-hybridized carbons (Fsp3) is 0.176. The van der Waals surface area contributed by atoms with Gasteiger partial charge in [0.15, 0.2) is 11.5 Å². The van der Waals surface area contributed by atoms with Gasteiger partial charge in [0.2, 0.25) is 0 Å². The highest BCUT2D eigenvalue weighted by atomic mass is 16.6. The fourth-order valence-corrected chi connectivity index (χ4v) is 2.41. The zero-order chi connectivity index (χ0) is 18.7. The van der Waals surface area contributed by atoms with Crippen LogP contribution in [0.3, 0.4) is 0 Å². The van der Waals surface area contributed by atoms with Crippen molar-refractivity contribution in [3.63, 3.8) is 0 Å². The summed E-state index contributed by atoms with van der Waals surface area (Å²) in [4.78, 5) is 34.5. The zero-order valence-electron chi connectivity index (χ0n) is 13.7. The molecule has 0 spiro atoms. The maximum Gasteiger partial charge on any atom is 0.338 e. The lowest BCUT2D eigenvalue weighted by Gasteiger charge is -2.19. The number of ether oxygens (including phenoxy) is 3. The number of rotatable bonds is 4. The lowest BCUT2D eigenvalue weighted by molar-refractivity contribution is -0.384. The number of fused-ring (bicyclic) bond motifs is 1. The number of nitro benzene ring substituents is 1. The summed E-state index contributed by atoms with van der Waals surface area (Å²) >= 11 is 0. The number of nitrogens with zero attached hydrogens (tertiary/aromatic N) is 1. The Balaban J connectivity index is 1.88. The van der Waals surface area contributed by atoms with Crippen molar-refractivity contribution in [2.45, 2.75) is 0 Å². The van der Waals surface area contributed by atoms with Gasteiger partial charge in [-0.05, 0) is 18.2 Å². The topological polar surface area (TPSA) is 117 Å². The third-order valence-corrected chi connectivity index (χ3v) is 3.61. The summed E-state index contributed by atoms with van der Waals surface area (Å²) in [6.07, 6.45) is 0. The number of esters is 1. The van der Waals surface area contributed by atoms with Crippen molar-refractivity contribution in [2.24, 2.45) is 0 Å². The van der Waals surface area contributed by atoms with Crippen molar-refractivity contribution in [1.82, 2.24) is 0 Å². The third kappa shape index (κ3) is 3.56. The molecule has 0 unspecified atom stereocenters. The Morgan fingerprint density at radius 1 is 1.08 bits per heavy atom. The first-order valence-electron chi connectivity index (χ1n) is 7.57. The van der Waals surface area contributed by atoms with Gasteiger partial charge < -0.3 is 19.5 Å². The summed E-state index contributed by atoms with van der Waals surface area (Å²) in [6, 6.07) is 8.21. The summed E-state index contributed by atoms with van der Waals surface area (Å²) in [5, 5.41) is 13.7. The van der Waals surface area contributed by atoms with Gasteiger partial charge in [-0.15, -0.1) is 0 Å². The maximum absolute atomic E-state index is 12.5. The molecule has 26 heavy (non-hydrogen) atoms. The second kappa shape index (κ2) is 7.09. The van der Waals surface area contributed by atoms with Crippen LogP contribution in [0.25, 0.3) is 0 Å². The number of hydrogen-bond donors (Lipinski definition) is 1. The quantitative estimate of drug-likeness (QED) is 0.506. The molecule has 1 amide bonds. The Hall–Kier alpha value is -3.62. The highest BCUT2D eigenvalue weighted by Gasteiger charge is 2.19. The SMILES string of the molecule is COC(=O)c1cc(C(=O)Nc2ccc3c(c2)OCCO3)cc([N+](=O)[O-])c1. The molecule has 0 bridgehead atoms. The average Bonchev–Trinajstić information content (AvgIpc) is 2.66. The van der Waals surface area contributed by atoms with Crippen molar-refractivity contribution in [3.8, 4) is 11.5 Å². The first kappa shape index (κ1) is 17.2. The van der Waals surface area contributed by atoms with Crippen LogP contribution in [-0.4, -0.2) is 37.1 Å². The summed E-state index contributed by atoms with van der Waals surface area (Å²) in [6.45, 7) is 0.848. The first-order valence-corrected chi connectivity index (χ1v) is 7.57. The summed E-state index contributed by atoms with van der Waals surface area (Å²) in [5.41, 5.74) is -0.103. The molecule has 0 fully saturated rings. The molecule has 3 rings (SSSR count). The molecule has 0 aromatic heterocycles. The van der Waals surface area contributed by atoms with Crippen molar-refractivity contribution < 1.29 is 28.7 Å². The van der Waals surface area contributed by atoms with Crippen LogP contribution in [0.2, 0.25) is 0 Å². The minimum absolute atomic E-state index is 0.0468. The van der Waals surface area contributed by atoms with E-state index in [2.05, 4.69) is 10.1 Å². The van der Waals surface area contributed by atoms with Crippen LogP contribution in [0.5, 0.6) is 11.5 Å². The van der Waals surface area contributed by atoms with E-state index in [-0.39, 0.29) is 16.8 Å².